The highest BCUT2D eigenvalue weighted by molar-refractivity contribution is 14.0. The van der Waals surface area contributed by atoms with Crippen LogP contribution in [0.3, 0.4) is 0 Å². The van der Waals surface area contributed by atoms with Gasteiger partial charge in [0.25, 0.3) is 0 Å². The molecule has 2 fully saturated rings. The quantitative estimate of drug-likeness (QED) is 0.426. The van der Waals surface area contributed by atoms with Crippen molar-refractivity contribution in [2.24, 2.45) is 16.6 Å². The second-order valence-electron chi connectivity index (χ2n) is 4.97. The van der Waals surface area contributed by atoms with Gasteiger partial charge in [-0.05, 0) is 12.3 Å². The second kappa shape index (κ2) is 8.18. The molecule has 0 aromatic heterocycles. The molecule has 2 rings (SSSR count). The van der Waals surface area contributed by atoms with Gasteiger partial charge < -0.3 is 15.5 Å². The van der Waals surface area contributed by atoms with Crippen LogP contribution < -0.4 is 5.73 Å². The predicted octanol–water partition coefficient (Wildman–Crippen LogP) is 0.836. The van der Waals surface area contributed by atoms with E-state index in [0.29, 0.717) is 24.8 Å². The summed E-state index contributed by atoms with van der Waals surface area (Å²) in [5.41, 5.74) is 6.00. The van der Waals surface area contributed by atoms with Crippen LogP contribution in [0.5, 0.6) is 0 Å². The highest BCUT2D eigenvalue weighted by Crippen LogP contribution is 2.17. The maximum Gasteiger partial charge on any atom is 0.222 e. The van der Waals surface area contributed by atoms with E-state index in [9.17, 15) is 4.79 Å². The van der Waals surface area contributed by atoms with Crippen LogP contribution in [0.1, 0.15) is 12.8 Å². The molecule has 0 aromatic carbocycles. The van der Waals surface area contributed by atoms with Crippen LogP contribution in [-0.2, 0) is 4.79 Å². The summed E-state index contributed by atoms with van der Waals surface area (Å²) >= 11 is 1.96. The fourth-order valence-electron chi connectivity index (χ4n) is 2.28. The van der Waals surface area contributed by atoms with Gasteiger partial charge in [-0.15, -0.1) is 24.0 Å². The van der Waals surface area contributed by atoms with Crippen molar-refractivity contribution in [2.45, 2.75) is 12.8 Å². The lowest BCUT2D eigenvalue weighted by Gasteiger charge is -2.29. The van der Waals surface area contributed by atoms with Crippen molar-refractivity contribution in [1.29, 1.82) is 0 Å². The number of carbonyl (C=O) groups excluding carboxylic acids is 1. The standard InChI is InChI=1S/C12H22N4OS.HI/c1-15-3-2-10(8-11(15)17)9-14-12(13)16-4-6-18-7-5-16;/h10H,2-9H2,1H3,(H2,13,14);1H. The average molecular weight is 398 g/mol. The molecule has 0 spiro atoms. The lowest BCUT2D eigenvalue weighted by Crippen LogP contribution is -2.43. The number of rotatable bonds is 2. The molecule has 2 N–H and O–H groups in total. The Morgan fingerprint density at radius 2 is 2.11 bits per heavy atom. The monoisotopic (exact) mass is 398 g/mol. The molecule has 1 unspecified atom stereocenters. The van der Waals surface area contributed by atoms with Gasteiger partial charge in [0.05, 0.1) is 0 Å². The zero-order valence-electron chi connectivity index (χ0n) is 11.4. The molecule has 0 aliphatic carbocycles. The second-order valence-corrected chi connectivity index (χ2v) is 6.20. The van der Waals surface area contributed by atoms with E-state index in [0.717, 1.165) is 37.6 Å². The Hall–Kier alpha value is -0.180. The van der Waals surface area contributed by atoms with E-state index >= 15 is 0 Å². The number of hydrogen-bond acceptors (Lipinski definition) is 3. The van der Waals surface area contributed by atoms with Gasteiger partial charge >= 0.3 is 0 Å². The first-order valence-corrected chi connectivity index (χ1v) is 7.69. The maximum absolute atomic E-state index is 11.6. The largest absolute Gasteiger partial charge is 0.370 e. The molecule has 0 radical (unpaired) electrons. The first kappa shape index (κ1) is 16.9. The molecule has 19 heavy (non-hydrogen) atoms. The van der Waals surface area contributed by atoms with Crippen LogP contribution in [0.4, 0.5) is 0 Å². The summed E-state index contributed by atoms with van der Waals surface area (Å²) in [6.45, 7) is 3.52. The highest BCUT2D eigenvalue weighted by atomic mass is 127. The summed E-state index contributed by atoms with van der Waals surface area (Å²) in [5, 5.41) is 0. The Morgan fingerprint density at radius 3 is 2.74 bits per heavy atom. The first-order valence-electron chi connectivity index (χ1n) is 6.53. The average Bonchev–Trinajstić information content (AvgIpc) is 2.41. The van der Waals surface area contributed by atoms with E-state index in [1.165, 1.54) is 0 Å². The van der Waals surface area contributed by atoms with E-state index in [2.05, 4.69) is 9.89 Å². The molecule has 2 saturated heterocycles. The number of nitrogens with zero attached hydrogens (tertiary/aromatic N) is 3. The van der Waals surface area contributed by atoms with Gasteiger partial charge in [0.2, 0.25) is 5.91 Å². The summed E-state index contributed by atoms with van der Waals surface area (Å²) in [4.78, 5) is 20.0. The van der Waals surface area contributed by atoms with Gasteiger partial charge in [-0.25, -0.2) is 0 Å². The molecule has 0 aromatic rings. The molecule has 7 heteroatoms. The molecule has 110 valence electrons. The van der Waals surface area contributed by atoms with Crippen molar-refractivity contribution >= 4 is 47.6 Å². The van der Waals surface area contributed by atoms with Gasteiger partial charge in [0.1, 0.15) is 0 Å². The number of carbonyl (C=O) groups is 1. The molecule has 2 aliphatic rings. The third kappa shape index (κ3) is 5.02. The number of halogens is 1. The number of thioether (sulfide) groups is 1. The minimum atomic E-state index is 0. The molecular weight excluding hydrogens is 375 g/mol. The third-order valence-corrected chi connectivity index (χ3v) is 4.55. The number of aliphatic imine (C=N–C) groups is 1. The molecule has 2 heterocycles. The van der Waals surface area contributed by atoms with E-state index in [1.807, 2.05) is 18.8 Å². The van der Waals surface area contributed by atoms with Crippen molar-refractivity contribution in [2.75, 3.05) is 44.7 Å². The summed E-state index contributed by atoms with van der Waals surface area (Å²) in [7, 11) is 1.86. The number of amides is 1. The Morgan fingerprint density at radius 1 is 1.42 bits per heavy atom. The lowest BCUT2D eigenvalue weighted by molar-refractivity contribution is -0.133. The van der Waals surface area contributed by atoms with Gasteiger partial charge in [-0.1, -0.05) is 0 Å². The Balaban J connectivity index is 0.00000180. The number of likely N-dealkylation sites (tertiary alicyclic amines) is 1. The number of guanidine groups is 1. The predicted molar refractivity (Wildman–Crippen MR) is 91.2 cm³/mol. The number of piperidine rings is 1. The maximum atomic E-state index is 11.6. The summed E-state index contributed by atoms with van der Waals surface area (Å²) in [6.07, 6.45) is 1.65. The smallest absolute Gasteiger partial charge is 0.222 e. The minimum Gasteiger partial charge on any atom is -0.370 e. The normalized spacial score (nSPS) is 25.2. The van der Waals surface area contributed by atoms with Gasteiger partial charge in [0.15, 0.2) is 5.96 Å². The summed E-state index contributed by atoms with van der Waals surface area (Å²) < 4.78 is 0. The lowest BCUT2D eigenvalue weighted by atomic mass is 9.97. The Labute approximate surface area is 136 Å². The van der Waals surface area contributed by atoms with Crippen molar-refractivity contribution in [1.82, 2.24) is 9.80 Å². The molecule has 2 aliphatic heterocycles. The Bertz CT molecular complexity index is 334. The topological polar surface area (TPSA) is 61.9 Å². The van der Waals surface area contributed by atoms with Crippen LogP contribution in [0.25, 0.3) is 0 Å². The SMILES string of the molecule is CN1CCC(CN=C(N)N2CCSCC2)CC1=O.I. The van der Waals surface area contributed by atoms with Crippen LogP contribution in [0, 0.1) is 5.92 Å². The summed E-state index contributed by atoms with van der Waals surface area (Å²) in [5.74, 6) is 3.51. The van der Waals surface area contributed by atoms with E-state index in [4.69, 9.17) is 5.73 Å². The molecule has 1 atom stereocenters. The first-order chi connectivity index (χ1) is 8.66. The molecule has 0 saturated carbocycles. The van der Waals surface area contributed by atoms with Crippen molar-refractivity contribution < 1.29 is 4.79 Å². The van der Waals surface area contributed by atoms with Crippen molar-refractivity contribution in [3.05, 3.63) is 0 Å². The van der Waals surface area contributed by atoms with Crippen LogP contribution in [-0.4, -0.2) is 66.4 Å². The van der Waals surface area contributed by atoms with Crippen LogP contribution in [0.15, 0.2) is 4.99 Å². The molecular formula is C12H23IN4OS. The highest BCUT2D eigenvalue weighted by Gasteiger charge is 2.23. The molecule has 1 amide bonds. The zero-order valence-corrected chi connectivity index (χ0v) is 14.5. The summed E-state index contributed by atoms with van der Waals surface area (Å²) in [6, 6.07) is 0. The van der Waals surface area contributed by atoms with E-state index in [1.54, 1.807) is 4.90 Å². The fourth-order valence-corrected chi connectivity index (χ4v) is 3.18. The van der Waals surface area contributed by atoms with Crippen molar-refractivity contribution in [3.63, 3.8) is 0 Å². The number of nitrogens with two attached hydrogens (primary N) is 1. The van der Waals surface area contributed by atoms with Crippen LogP contribution >= 0.6 is 35.7 Å². The van der Waals surface area contributed by atoms with Gasteiger partial charge in [0, 0.05) is 51.2 Å². The van der Waals surface area contributed by atoms with Crippen LogP contribution in [0.2, 0.25) is 0 Å². The molecule has 0 bridgehead atoms. The van der Waals surface area contributed by atoms with Crippen molar-refractivity contribution in [3.8, 4) is 0 Å². The van der Waals surface area contributed by atoms with E-state index < -0.39 is 0 Å². The molecule has 5 nitrogen and oxygen atoms in total. The minimum absolute atomic E-state index is 0. The Kier molecular flexibility index (Phi) is 7.27. The van der Waals surface area contributed by atoms with Gasteiger partial charge in [-0.3, -0.25) is 9.79 Å². The van der Waals surface area contributed by atoms with Gasteiger partial charge in [-0.2, -0.15) is 11.8 Å². The third-order valence-electron chi connectivity index (χ3n) is 3.61. The zero-order chi connectivity index (χ0) is 13.0. The number of hydrogen-bond donors (Lipinski definition) is 1. The fraction of sp³-hybridized carbons (Fsp3) is 0.833. The van der Waals surface area contributed by atoms with E-state index in [-0.39, 0.29) is 29.9 Å².